The number of hydrogen-bond donors (Lipinski definition) is 0. The van der Waals surface area contributed by atoms with Crippen LogP contribution in [0.1, 0.15) is 57.1 Å². The van der Waals surface area contributed by atoms with Gasteiger partial charge in [-0.1, -0.05) is 32.9 Å². The molecule has 1 aromatic carbocycles. The third-order valence-corrected chi connectivity index (χ3v) is 6.25. The summed E-state index contributed by atoms with van der Waals surface area (Å²) in [5.74, 6) is 0.613. The fourth-order valence-corrected chi connectivity index (χ4v) is 4.65. The zero-order chi connectivity index (χ0) is 20.3. The molecule has 1 aromatic heterocycles. The third-order valence-electron chi connectivity index (χ3n) is 5.08. The highest BCUT2D eigenvalue weighted by molar-refractivity contribution is 7.13. The second-order valence-electron chi connectivity index (χ2n) is 7.75. The summed E-state index contributed by atoms with van der Waals surface area (Å²) in [6.07, 6.45) is 1.86. The molecule has 5 nitrogen and oxygen atoms in total. The van der Waals surface area contributed by atoms with E-state index in [4.69, 9.17) is 0 Å². The number of piperazine rings is 1. The van der Waals surface area contributed by atoms with Crippen molar-refractivity contribution in [3.05, 3.63) is 51.0 Å². The van der Waals surface area contributed by atoms with Gasteiger partial charge in [-0.25, -0.2) is 4.98 Å². The van der Waals surface area contributed by atoms with E-state index in [0.29, 0.717) is 37.7 Å². The molecule has 0 atom stereocenters. The van der Waals surface area contributed by atoms with Crippen molar-refractivity contribution in [2.75, 3.05) is 26.2 Å². The van der Waals surface area contributed by atoms with E-state index < -0.39 is 0 Å². The molecular formula is C22H29N3O2S. The van der Waals surface area contributed by atoms with Gasteiger partial charge in [-0.3, -0.25) is 9.59 Å². The summed E-state index contributed by atoms with van der Waals surface area (Å²) in [5, 5.41) is 1.03. The highest BCUT2D eigenvalue weighted by Gasteiger charge is 2.27. The fraction of sp³-hybridized carbons (Fsp3) is 0.500. The van der Waals surface area contributed by atoms with E-state index in [1.54, 1.807) is 0 Å². The first-order valence-corrected chi connectivity index (χ1v) is 10.8. The fourth-order valence-electron chi connectivity index (χ4n) is 3.41. The van der Waals surface area contributed by atoms with Crippen molar-refractivity contribution >= 4 is 23.2 Å². The van der Waals surface area contributed by atoms with Gasteiger partial charge in [-0.2, -0.15) is 0 Å². The van der Waals surface area contributed by atoms with Crippen LogP contribution < -0.4 is 0 Å². The summed E-state index contributed by atoms with van der Waals surface area (Å²) in [6.45, 7) is 10.6. The van der Waals surface area contributed by atoms with Crippen LogP contribution in [0.4, 0.5) is 0 Å². The predicted octanol–water partition coefficient (Wildman–Crippen LogP) is 3.81. The minimum atomic E-state index is 0.0444. The molecule has 1 aliphatic heterocycles. The second kappa shape index (κ2) is 8.86. The van der Waals surface area contributed by atoms with Gasteiger partial charge in [0.25, 0.3) is 11.8 Å². The molecular weight excluding hydrogens is 370 g/mol. The van der Waals surface area contributed by atoms with Gasteiger partial charge in [-0.15, -0.1) is 11.3 Å². The lowest BCUT2D eigenvalue weighted by atomic mass is 10.1. The van der Waals surface area contributed by atoms with Gasteiger partial charge >= 0.3 is 0 Å². The van der Waals surface area contributed by atoms with Crippen LogP contribution >= 0.6 is 11.3 Å². The topological polar surface area (TPSA) is 53.5 Å². The molecule has 28 heavy (non-hydrogen) atoms. The van der Waals surface area contributed by atoms with Crippen molar-refractivity contribution in [2.45, 2.75) is 40.5 Å². The van der Waals surface area contributed by atoms with Crippen LogP contribution in [0.5, 0.6) is 0 Å². The minimum Gasteiger partial charge on any atom is -0.335 e. The molecule has 0 spiro atoms. The Kier molecular flexibility index (Phi) is 6.50. The van der Waals surface area contributed by atoms with Crippen molar-refractivity contribution in [2.24, 2.45) is 5.92 Å². The van der Waals surface area contributed by atoms with Gasteiger partial charge < -0.3 is 9.80 Å². The molecule has 2 aromatic rings. The predicted molar refractivity (Wildman–Crippen MR) is 113 cm³/mol. The number of nitrogens with zero attached hydrogens (tertiary/aromatic N) is 3. The van der Waals surface area contributed by atoms with Gasteiger partial charge in [-0.05, 0) is 37.0 Å². The van der Waals surface area contributed by atoms with Gasteiger partial charge in [0, 0.05) is 38.2 Å². The van der Waals surface area contributed by atoms with E-state index in [0.717, 1.165) is 28.4 Å². The summed E-state index contributed by atoms with van der Waals surface area (Å²) in [4.78, 5) is 34.7. The molecule has 0 saturated carbocycles. The minimum absolute atomic E-state index is 0.0444. The number of rotatable bonds is 5. The average molecular weight is 400 g/mol. The van der Waals surface area contributed by atoms with Crippen molar-refractivity contribution in [3.8, 4) is 0 Å². The molecule has 3 rings (SSSR count). The van der Waals surface area contributed by atoms with Gasteiger partial charge in [0.15, 0.2) is 0 Å². The lowest BCUT2D eigenvalue weighted by molar-refractivity contribution is 0.0537. The summed E-state index contributed by atoms with van der Waals surface area (Å²) in [6, 6.07) is 7.81. The molecule has 1 saturated heterocycles. The normalized spacial score (nSPS) is 14.6. The third kappa shape index (κ3) is 4.61. The van der Waals surface area contributed by atoms with Gasteiger partial charge in [0.2, 0.25) is 0 Å². The molecule has 0 N–H and O–H groups in total. The Morgan fingerprint density at radius 3 is 2.14 bits per heavy atom. The first kappa shape index (κ1) is 20.5. The van der Waals surface area contributed by atoms with Gasteiger partial charge in [0.1, 0.15) is 4.88 Å². The molecule has 2 heterocycles. The van der Waals surface area contributed by atoms with Crippen molar-refractivity contribution in [1.82, 2.24) is 14.8 Å². The van der Waals surface area contributed by atoms with Crippen LogP contribution in [0.3, 0.4) is 0 Å². The number of carbonyl (C=O) groups is 2. The maximum Gasteiger partial charge on any atom is 0.265 e. The number of hydrogen-bond acceptors (Lipinski definition) is 4. The highest BCUT2D eigenvalue weighted by Crippen LogP contribution is 2.23. The summed E-state index contributed by atoms with van der Waals surface area (Å²) >= 11 is 1.51. The average Bonchev–Trinajstić information content (AvgIpc) is 3.06. The quantitative estimate of drug-likeness (QED) is 0.768. The molecule has 0 unspecified atom stereocenters. The van der Waals surface area contributed by atoms with E-state index in [1.807, 2.05) is 41.0 Å². The first-order valence-electron chi connectivity index (χ1n) is 10.0. The van der Waals surface area contributed by atoms with E-state index in [2.05, 4.69) is 25.8 Å². The Bertz CT molecular complexity index is 834. The van der Waals surface area contributed by atoms with Crippen molar-refractivity contribution in [1.29, 1.82) is 0 Å². The molecule has 0 bridgehead atoms. The number of benzene rings is 1. The Balaban J connectivity index is 1.60. The Labute approximate surface area is 171 Å². The molecule has 150 valence electrons. The van der Waals surface area contributed by atoms with E-state index in [9.17, 15) is 9.59 Å². The Morgan fingerprint density at radius 1 is 1.04 bits per heavy atom. The smallest absolute Gasteiger partial charge is 0.265 e. The van der Waals surface area contributed by atoms with Crippen LogP contribution in [-0.4, -0.2) is 52.8 Å². The lowest BCUT2D eigenvalue weighted by Gasteiger charge is -2.34. The first-order chi connectivity index (χ1) is 13.4. The number of aryl methyl sites for hydroxylation is 2. The standard InChI is InChI=1S/C22H29N3O2S/c1-5-17-6-8-18(9-7-17)21(26)24-10-12-25(13-11-24)22(27)20-16(4)23-19(28-20)14-15(2)3/h6-9,15H,5,10-14H2,1-4H3. The van der Waals surface area contributed by atoms with Crippen LogP contribution in [0, 0.1) is 12.8 Å². The second-order valence-corrected chi connectivity index (χ2v) is 8.84. The Hall–Kier alpha value is -2.21. The van der Waals surface area contributed by atoms with Crippen LogP contribution in [0.25, 0.3) is 0 Å². The number of thiazole rings is 1. The monoisotopic (exact) mass is 399 g/mol. The van der Waals surface area contributed by atoms with E-state index >= 15 is 0 Å². The molecule has 0 aliphatic carbocycles. The van der Waals surface area contributed by atoms with Gasteiger partial charge in [0.05, 0.1) is 10.7 Å². The zero-order valence-corrected chi connectivity index (χ0v) is 18.0. The van der Waals surface area contributed by atoms with Crippen LogP contribution in [0.2, 0.25) is 0 Å². The van der Waals surface area contributed by atoms with Crippen molar-refractivity contribution < 1.29 is 9.59 Å². The molecule has 0 radical (unpaired) electrons. The molecule has 2 amide bonds. The highest BCUT2D eigenvalue weighted by atomic mass is 32.1. The molecule has 1 aliphatic rings. The SMILES string of the molecule is CCc1ccc(C(=O)N2CCN(C(=O)c3sc(CC(C)C)nc3C)CC2)cc1. The summed E-state index contributed by atoms with van der Waals surface area (Å²) in [7, 11) is 0. The lowest BCUT2D eigenvalue weighted by Crippen LogP contribution is -2.50. The van der Waals surface area contributed by atoms with Crippen LogP contribution in [-0.2, 0) is 12.8 Å². The van der Waals surface area contributed by atoms with Crippen molar-refractivity contribution in [3.63, 3.8) is 0 Å². The van der Waals surface area contributed by atoms with E-state index in [-0.39, 0.29) is 11.8 Å². The number of amides is 2. The largest absolute Gasteiger partial charge is 0.335 e. The summed E-state index contributed by atoms with van der Waals surface area (Å²) in [5.41, 5.74) is 2.76. The molecule has 6 heteroatoms. The number of carbonyl (C=O) groups excluding carboxylic acids is 2. The maximum absolute atomic E-state index is 12.9. The number of aromatic nitrogens is 1. The summed E-state index contributed by atoms with van der Waals surface area (Å²) < 4.78 is 0. The molecule has 1 fully saturated rings. The van der Waals surface area contributed by atoms with E-state index in [1.165, 1.54) is 16.9 Å². The maximum atomic E-state index is 12.9. The zero-order valence-electron chi connectivity index (χ0n) is 17.2. The Morgan fingerprint density at radius 2 is 1.61 bits per heavy atom. The van der Waals surface area contributed by atoms with Crippen LogP contribution in [0.15, 0.2) is 24.3 Å².